The van der Waals surface area contributed by atoms with E-state index in [0.29, 0.717) is 18.4 Å². The van der Waals surface area contributed by atoms with Crippen molar-refractivity contribution in [3.8, 4) is 0 Å². The van der Waals surface area contributed by atoms with E-state index in [1.165, 1.54) is 6.92 Å². The summed E-state index contributed by atoms with van der Waals surface area (Å²) in [7, 11) is 0. The zero-order valence-corrected chi connectivity index (χ0v) is 13.0. The number of fused-ring (bicyclic) bond motifs is 1. The molecule has 3 atom stereocenters. The Kier molecular flexibility index (Phi) is 5.19. The first-order valence-electron chi connectivity index (χ1n) is 7.45. The van der Waals surface area contributed by atoms with Crippen LogP contribution in [0.3, 0.4) is 0 Å². The maximum absolute atomic E-state index is 11.8. The molecule has 0 aromatic carbocycles. The molecule has 1 saturated heterocycles. The molecular formula is C17H22O5. The Morgan fingerprint density at radius 1 is 1.55 bits per heavy atom. The molecule has 22 heavy (non-hydrogen) atoms. The molecule has 2 rings (SSSR count). The number of carbonyl (C=O) groups excluding carboxylic acids is 2. The van der Waals surface area contributed by atoms with Crippen molar-refractivity contribution in [2.45, 2.75) is 45.3 Å². The molecule has 1 N–H and O–H groups in total. The number of allylic oxidation sites excluding steroid dienone is 1. The molecule has 0 amide bonds. The lowest BCUT2D eigenvalue weighted by molar-refractivity contribution is -0.140. The van der Waals surface area contributed by atoms with Crippen LogP contribution >= 0.6 is 0 Å². The van der Waals surface area contributed by atoms with Gasteiger partial charge in [0.15, 0.2) is 0 Å². The molecule has 1 aliphatic heterocycles. The van der Waals surface area contributed by atoms with Gasteiger partial charge in [0.05, 0.1) is 12.0 Å². The van der Waals surface area contributed by atoms with Gasteiger partial charge in [0.1, 0.15) is 12.7 Å². The summed E-state index contributed by atoms with van der Waals surface area (Å²) in [5.74, 6) is -1.28. The van der Waals surface area contributed by atoms with Crippen LogP contribution in [0.5, 0.6) is 0 Å². The van der Waals surface area contributed by atoms with Crippen LogP contribution in [-0.4, -0.2) is 35.9 Å². The zero-order valence-electron chi connectivity index (χ0n) is 13.0. The van der Waals surface area contributed by atoms with E-state index in [1.54, 1.807) is 6.08 Å². The highest BCUT2D eigenvalue weighted by Gasteiger charge is 2.42. The molecule has 0 spiro atoms. The number of rotatable bonds is 2. The largest absolute Gasteiger partial charge is 0.461 e. The molecule has 120 valence electrons. The number of aliphatic hydroxyl groups excluding tert-OH is 1. The van der Waals surface area contributed by atoms with Gasteiger partial charge < -0.3 is 14.6 Å². The molecule has 0 aromatic heterocycles. The number of hydrogen-bond acceptors (Lipinski definition) is 5. The summed E-state index contributed by atoms with van der Waals surface area (Å²) in [4.78, 5) is 22.8. The van der Waals surface area contributed by atoms with Crippen LogP contribution in [0.4, 0.5) is 0 Å². The smallest absolute Gasteiger partial charge is 0.334 e. The van der Waals surface area contributed by atoms with E-state index in [4.69, 9.17) is 9.47 Å². The number of carbonyl (C=O) groups is 2. The average molecular weight is 306 g/mol. The van der Waals surface area contributed by atoms with Crippen LogP contribution < -0.4 is 0 Å². The Hall–Kier alpha value is -1.88. The van der Waals surface area contributed by atoms with Gasteiger partial charge in [-0.15, -0.1) is 0 Å². The Morgan fingerprint density at radius 3 is 2.95 bits per heavy atom. The molecular weight excluding hydrogens is 284 g/mol. The van der Waals surface area contributed by atoms with Gasteiger partial charge in [0, 0.05) is 12.5 Å². The van der Waals surface area contributed by atoms with Crippen LogP contribution in [0, 0.1) is 5.92 Å². The van der Waals surface area contributed by atoms with Crippen molar-refractivity contribution in [1.29, 1.82) is 0 Å². The quantitative estimate of drug-likeness (QED) is 0.480. The maximum atomic E-state index is 11.8. The van der Waals surface area contributed by atoms with Gasteiger partial charge in [0.25, 0.3) is 0 Å². The molecule has 0 bridgehead atoms. The summed E-state index contributed by atoms with van der Waals surface area (Å²) >= 11 is 0. The predicted molar refractivity (Wildman–Crippen MR) is 80.8 cm³/mol. The molecule has 1 fully saturated rings. The standard InChI is InChI=1S/C17H22O5/c1-10-5-4-6-13(9-21-12(3)18)8-15-16(14(19)7-10)11(2)17(20)22-15/h5,8,14-16,19H,2,4,6-7,9H2,1,3H3/b10-5+,13-8-/t14-,15-,16+/m0/s1. The molecule has 5 heteroatoms. The monoisotopic (exact) mass is 306 g/mol. The summed E-state index contributed by atoms with van der Waals surface area (Å²) in [5.41, 5.74) is 2.24. The van der Waals surface area contributed by atoms with Crippen molar-refractivity contribution in [3.05, 3.63) is 35.5 Å². The Morgan fingerprint density at radius 2 is 2.27 bits per heavy atom. The highest BCUT2D eigenvalue weighted by atomic mass is 16.6. The van der Waals surface area contributed by atoms with Crippen LogP contribution in [0.15, 0.2) is 35.5 Å². The molecule has 1 aliphatic carbocycles. The van der Waals surface area contributed by atoms with Crippen molar-refractivity contribution < 1.29 is 24.2 Å². The third-order valence-electron chi connectivity index (χ3n) is 4.03. The van der Waals surface area contributed by atoms with Gasteiger partial charge in [-0.05, 0) is 37.8 Å². The fourth-order valence-electron chi connectivity index (χ4n) is 2.87. The zero-order chi connectivity index (χ0) is 16.3. The second-order valence-corrected chi connectivity index (χ2v) is 5.89. The Labute approximate surface area is 130 Å². The first-order valence-corrected chi connectivity index (χ1v) is 7.45. The van der Waals surface area contributed by atoms with Crippen LogP contribution in [0.2, 0.25) is 0 Å². The van der Waals surface area contributed by atoms with E-state index in [0.717, 1.165) is 17.6 Å². The SMILES string of the molecule is C=C1C(=O)O[C@H]2/C=C(\COC(C)=O)CC/C=C(\C)C[C@H](O)[C@@H]12. The number of esters is 2. The molecule has 0 unspecified atom stereocenters. The first-order chi connectivity index (χ1) is 10.4. The van der Waals surface area contributed by atoms with Gasteiger partial charge in [-0.3, -0.25) is 4.79 Å². The van der Waals surface area contributed by atoms with Gasteiger partial charge in [0.2, 0.25) is 0 Å². The van der Waals surface area contributed by atoms with Crippen LogP contribution in [-0.2, 0) is 19.1 Å². The fourth-order valence-corrected chi connectivity index (χ4v) is 2.87. The molecule has 2 aliphatic rings. The number of hydrogen-bond donors (Lipinski definition) is 1. The van der Waals surface area contributed by atoms with E-state index in [1.807, 2.05) is 6.92 Å². The molecule has 5 nitrogen and oxygen atoms in total. The molecule has 0 aromatic rings. The third-order valence-corrected chi connectivity index (χ3v) is 4.03. The minimum absolute atomic E-state index is 0.172. The highest BCUT2D eigenvalue weighted by Crippen LogP contribution is 2.34. The average Bonchev–Trinajstić information content (AvgIpc) is 2.70. The summed E-state index contributed by atoms with van der Waals surface area (Å²) < 4.78 is 10.4. The van der Waals surface area contributed by atoms with Crippen molar-refractivity contribution in [1.82, 2.24) is 0 Å². The van der Waals surface area contributed by atoms with E-state index in [-0.39, 0.29) is 12.6 Å². The summed E-state index contributed by atoms with van der Waals surface area (Å²) in [6, 6.07) is 0. The fraction of sp³-hybridized carbons (Fsp3) is 0.529. The normalized spacial score (nSPS) is 33.9. The van der Waals surface area contributed by atoms with Crippen molar-refractivity contribution in [2.75, 3.05) is 6.61 Å². The number of aliphatic hydroxyl groups is 1. The van der Waals surface area contributed by atoms with Crippen molar-refractivity contribution in [3.63, 3.8) is 0 Å². The van der Waals surface area contributed by atoms with Gasteiger partial charge in [-0.1, -0.05) is 18.2 Å². The lowest BCUT2D eigenvalue weighted by Gasteiger charge is -2.23. The summed E-state index contributed by atoms with van der Waals surface area (Å²) in [5, 5.41) is 10.4. The van der Waals surface area contributed by atoms with E-state index >= 15 is 0 Å². The third kappa shape index (κ3) is 3.85. The van der Waals surface area contributed by atoms with Crippen molar-refractivity contribution >= 4 is 11.9 Å². The summed E-state index contributed by atoms with van der Waals surface area (Å²) in [6.07, 6.45) is 4.58. The van der Waals surface area contributed by atoms with Gasteiger partial charge in [-0.25, -0.2) is 4.79 Å². The number of ether oxygens (including phenoxy) is 2. The maximum Gasteiger partial charge on any atom is 0.334 e. The minimum Gasteiger partial charge on any atom is -0.461 e. The second-order valence-electron chi connectivity index (χ2n) is 5.89. The molecule has 0 saturated carbocycles. The summed E-state index contributed by atoms with van der Waals surface area (Å²) in [6.45, 7) is 7.23. The highest BCUT2D eigenvalue weighted by molar-refractivity contribution is 5.91. The Balaban J connectivity index is 2.28. The van der Waals surface area contributed by atoms with E-state index in [9.17, 15) is 14.7 Å². The van der Waals surface area contributed by atoms with Crippen LogP contribution in [0.1, 0.15) is 33.1 Å². The van der Waals surface area contributed by atoms with E-state index < -0.39 is 24.1 Å². The van der Waals surface area contributed by atoms with E-state index in [2.05, 4.69) is 12.7 Å². The van der Waals surface area contributed by atoms with Crippen molar-refractivity contribution in [2.24, 2.45) is 5.92 Å². The second kappa shape index (κ2) is 6.92. The first kappa shape index (κ1) is 16.5. The lowest BCUT2D eigenvalue weighted by Crippen LogP contribution is -2.29. The predicted octanol–water partition coefficient (Wildman–Crippen LogP) is 2.06. The molecule has 0 radical (unpaired) electrons. The Bertz CT molecular complexity index is 543. The topological polar surface area (TPSA) is 72.8 Å². The minimum atomic E-state index is -0.718. The van der Waals surface area contributed by atoms with Gasteiger partial charge in [-0.2, -0.15) is 0 Å². The van der Waals surface area contributed by atoms with Crippen LogP contribution in [0.25, 0.3) is 0 Å². The molecule has 1 heterocycles. The van der Waals surface area contributed by atoms with Gasteiger partial charge >= 0.3 is 11.9 Å². The lowest BCUT2D eigenvalue weighted by atomic mass is 9.85.